The average molecular weight is 275 g/mol. The zero-order valence-corrected chi connectivity index (χ0v) is 10.6. The molecule has 0 unspecified atom stereocenters. The lowest BCUT2D eigenvalue weighted by Crippen LogP contribution is -2.04. The van der Waals surface area contributed by atoms with E-state index in [0.717, 1.165) is 6.07 Å². The number of fused-ring (bicyclic) bond motifs is 1. The maximum Gasteiger partial charge on any atom is 0.225 e. The van der Waals surface area contributed by atoms with Crippen LogP contribution in [0, 0.1) is 11.6 Å². The van der Waals surface area contributed by atoms with Crippen LogP contribution in [0.1, 0.15) is 6.92 Å². The molecule has 0 aliphatic carbocycles. The van der Waals surface area contributed by atoms with Crippen molar-refractivity contribution in [2.45, 2.75) is 6.92 Å². The molecule has 2 heterocycles. The van der Waals surface area contributed by atoms with Crippen molar-refractivity contribution in [2.75, 3.05) is 11.9 Å². The van der Waals surface area contributed by atoms with Gasteiger partial charge in [0.05, 0.1) is 17.3 Å². The number of rotatable bonds is 3. The number of nitrogens with zero attached hydrogens (tertiary/aromatic N) is 3. The van der Waals surface area contributed by atoms with Gasteiger partial charge in [-0.05, 0) is 19.1 Å². The second kappa shape index (κ2) is 4.84. The molecular weight excluding hydrogens is 264 g/mol. The number of H-pyrrole nitrogens is 1. The Kier molecular flexibility index (Phi) is 3.02. The zero-order chi connectivity index (χ0) is 14.1. The molecule has 0 aliphatic rings. The van der Waals surface area contributed by atoms with Crippen molar-refractivity contribution in [2.24, 2.45) is 0 Å². The quantitative estimate of drug-likeness (QED) is 0.771. The molecule has 0 radical (unpaired) electrons. The summed E-state index contributed by atoms with van der Waals surface area (Å²) in [6, 6.07) is 3.98. The van der Waals surface area contributed by atoms with Crippen molar-refractivity contribution < 1.29 is 8.78 Å². The number of aromatic amines is 1. The van der Waals surface area contributed by atoms with Gasteiger partial charge in [0.15, 0.2) is 17.3 Å². The minimum atomic E-state index is -0.934. The van der Waals surface area contributed by atoms with E-state index < -0.39 is 11.6 Å². The topological polar surface area (TPSA) is 66.5 Å². The molecule has 5 nitrogen and oxygen atoms in total. The first-order valence-electron chi connectivity index (χ1n) is 6.10. The van der Waals surface area contributed by atoms with E-state index in [1.54, 1.807) is 0 Å². The smallest absolute Gasteiger partial charge is 0.225 e. The van der Waals surface area contributed by atoms with Crippen LogP contribution < -0.4 is 5.32 Å². The van der Waals surface area contributed by atoms with Crippen LogP contribution in [0.25, 0.3) is 22.3 Å². The van der Waals surface area contributed by atoms with E-state index in [4.69, 9.17) is 0 Å². The van der Waals surface area contributed by atoms with E-state index in [9.17, 15) is 8.78 Å². The van der Waals surface area contributed by atoms with E-state index in [1.807, 2.05) is 6.92 Å². The van der Waals surface area contributed by atoms with Gasteiger partial charge < -0.3 is 5.32 Å². The van der Waals surface area contributed by atoms with Gasteiger partial charge in [0, 0.05) is 12.1 Å². The average Bonchev–Trinajstić information content (AvgIpc) is 2.90. The van der Waals surface area contributed by atoms with Crippen LogP contribution in [0.2, 0.25) is 0 Å². The highest BCUT2D eigenvalue weighted by Gasteiger charge is 2.16. The molecule has 102 valence electrons. The van der Waals surface area contributed by atoms with Crippen molar-refractivity contribution in [1.29, 1.82) is 0 Å². The Hall–Kier alpha value is -2.57. The predicted octanol–water partition coefficient (Wildman–Crippen LogP) is 2.73. The van der Waals surface area contributed by atoms with Crippen molar-refractivity contribution in [3.05, 3.63) is 36.0 Å². The lowest BCUT2D eigenvalue weighted by atomic mass is 10.1. The molecule has 0 bridgehead atoms. The van der Waals surface area contributed by atoms with Gasteiger partial charge in [0.2, 0.25) is 5.95 Å². The normalized spacial score (nSPS) is 10.9. The van der Waals surface area contributed by atoms with Gasteiger partial charge in [0.25, 0.3) is 0 Å². The van der Waals surface area contributed by atoms with Crippen LogP contribution in [-0.2, 0) is 0 Å². The number of hydrogen-bond donors (Lipinski definition) is 2. The molecular formula is C13H11F2N5. The Labute approximate surface area is 113 Å². The molecule has 3 aromatic rings. The summed E-state index contributed by atoms with van der Waals surface area (Å²) >= 11 is 0. The third kappa shape index (κ3) is 1.97. The zero-order valence-electron chi connectivity index (χ0n) is 10.6. The van der Waals surface area contributed by atoms with Crippen LogP contribution in [-0.4, -0.2) is 26.7 Å². The van der Waals surface area contributed by atoms with E-state index in [-0.39, 0.29) is 5.56 Å². The summed E-state index contributed by atoms with van der Waals surface area (Å²) in [7, 11) is 0. The number of nitrogens with one attached hydrogen (secondary N) is 2. The second-order valence-electron chi connectivity index (χ2n) is 4.16. The van der Waals surface area contributed by atoms with Gasteiger partial charge in [-0.15, -0.1) is 0 Å². The highest BCUT2D eigenvalue weighted by atomic mass is 19.2. The molecule has 0 saturated carbocycles. The van der Waals surface area contributed by atoms with Crippen LogP contribution in [0.5, 0.6) is 0 Å². The maximum atomic E-state index is 14.0. The molecule has 0 fully saturated rings. The number of aromatic nitrogens is 4. The molecule has 2 aromatic heterocycles. The van der Waals surface area contributed by atoms with Crippen molar-refractivity contribution >= 4 is 17.0 Å². The van der Waals surface area contributed by atoms with Crippen molar-refractivity contribution in [3.8, 4) is 11.3 Å². The molecule has 0 spiro atoms. The van der Waals surface area contributed by atoms with Gasteiger partial charge >= 0.3 is 0 Å². The molecule has 7 heteroatoms. The number of halogens is 2. The first kappa shape index (κ1) is 12.5. The van der Waals surface area contributed by atoms with Gasteiger partial charge in [-0.1, -0.05) is 6.07 Å². The lowest BCUT2D eigenvalue weighted by Gasteiger charge is -2.07. The fourth-order valence-electron chi connectivity index (χ4n) is 1.96. The molecule has 2 N–H and O–H groups in total. The Morgan fingerprint density at radius 3 is 2.90 bits per heavy atom. The second-order valence-corrected chi connectivity index (χ2v) is 4.16. The third-order valence-electron chi connectivity index (χ3n) is 2.85. The van der Waals surface area contributed by atoms with Gasteiger partial charge in [-0.2, -0.15) is 10.1 Å². The number of hydrogen-bond acceptors (Lipinski definition) is 4. The van der Waals surface area contributed by atoms with Crippen LogP contribution in [0.15, 0.2) is 24.4 Å². The SMILES string of the molecule is CCNc1nc(-c2cccc(F)c2F)c2cn[nH]c2n1. The first-order chi connectivity index (χ1) is 9.70. The molecule has 0 amide bonds. The van der Waals surface area contributed by atoms with Crippen LogP contribution in [0.4, 0.5) is 14.7 Å². The van der Waals surface area contributed by atoms with E-state index in [2.05, 4.69) is 25.5 Å². The summed E-state index contributed by atoms with van der Waals surface area (Å²) < 4.78 is 27.3. The highest BCUT2D eigenvalue weighted by Crippen LogP contribution is 2.29. The maximum absolute atomic E-state index is 14.0. The fourth-order valence-corrected chi connectivity index (χ4v) is 1.96. The molecule has 3 rings (SSSR count). The largest absolute Gasteiger partial charge is 0.354 e. The molecule has 20 heavy (non-hydrogen) atoms. The van der Waals surface area contributed by atoms with Crippen molar-refractivity contribution in [3.63, 3.8) is 0 Å². The predicted molar refractivity (Wildman–Crippen MR) is 71.2 cm³/mol. The Morgan fingerprint density at radius 2 is 2.10 bits per heavy atom. The van der Waals surface area contributed by atoms with Gasteiger partial charge in [-0.3, -0.25) is 5.10 Å². The first-order valence-corrected chi connectivity index (χ1v) is 6.10. The van der Waals surface area contributed by atoms with Crippen LogP contribution >= 0.6 is 0 Å². The van der Waals surface area contributed by atoms with Gasteiger partial charge in [-0.25, -0.2) is 13.8 Å². The van der Waals surface area contributed by atoms with E-state index >= 15 is 0 Å². The Morgan fingerprint density at radius 1 is 1.25 bits per heavy atom. The molecule has 0 atom stereocenters. The minimum absolute atomic E-state index is 0.0814. The summed E-state index contributed by atoms with van der Waals surface area (Å²) in [5.41, 5.74) is 0.851. The summed E-state index contributed by atoms with van der Waals surface area (Å²) in [5, 5.41) is 10.1. The lowest BCUT2D eigenvalue weighted by molar-refractivity contribution is 0.511. The standard InChI is InChI=1S/C13H11F2N5/c1-2-16-13-18-11(8-6-17-20-12(8)19-13)7-4-3-5-9(14)10(7)15/h3-6H,2H2,1H3,(H2,16,17,18,19,20). The minimum Gasteiger partial charge on any atom is -0.354 e. The summed E-state index contributed by atoms with van der Waals surface area (Å²) in [6.45, 7) is 2.51. The summed E-state index contributed by atoms with van der Waals surface area (Å²) in [6.07, 6.45) is 1.49. The molecule has 0 aliphatic heterocycles. The molecule has 0 saturated heterocycles. The fraction of sp³-hybridized carbons (Fsp3) is 0.154. The van der Waals surface area contributed by atoms with E-state index in [0.29, 0.717) is 29.2 Å². The Bertz CT molecular complexity index is 769. The molecule has 1 aromatic carbocycles. The third-order valence-corrected chi connectivity index (χ3v) is 2.85. The number of benzene rings is 1. The summed E-state index contributed by atoms with van der Waals surface area (Å²) in [5.74, 6) is -1.51. The highest BCUT2D eigenvalue weighted by molar-refractivity contribution is 5.90. The van der Waals surface area contributed by atoms with E-state index in [1.165, 1.54) is 18.3 Å². The Balaban J connectivity index is 2.28. The van der Waals surface area contributed by atoms with Gasteiger partial charge in [0.1, 0.15) is 0 Å². The van der Waals surface area contributed by atoms with Crippen molar-refractivity contribution in [1.82, 2.24) is 20.2 Å². The van der Waals surface area contributed by atoms with Crippen LogP contribution in [0.3, 0.4) is 0 Å². The number of anilines is 1. The summed E-state index contributed by atoms with van der Waals surface area (Å²) in [4.78, 5) is 8.45. The monoisotopic (exact) mass is 275 g/mol.